The number of nitrogens with zero attached hydrogens (tertiary/aromatic N) is 4. The van der Waals surface area contributed by atoms with Gasteiger partial charge in [0.2, 0.25) is 0 Å². The average molecular weight is 339 g/mol. The smallest absolute Gasteiger partial charge is 0.253 e. The van der Waals surface area contributed by atoms with Gasteiger partial charge in [-0.3, -0.25) is 9.69 Å². The molecule has 3 saturated heterocycles. The van der Waals surface area contributed by atoms with E-state index in [1.165, 1.54) is 45.2 Å². The van der Waals surface area contributed by atoms with Crippen molar-refractivity contribution in [1.29, 1.82) is 0 Å². The second-order valence-corrected chi connectivity index (χ2v) is 8.09. The van der Waals surface area contributed by atoms with Gasteiger partial charge in [-0.1, -0.05) is 6.42 Å². The highest BCUT2D eigenvalue weighted by molar-refractivity contribution is 5.97. The van der Waals surface area contributed by atoms with Crippen LogP contribution in [0.4, 0.5) is 0 Å². The number of amides is 1. The van der Waals surface area contributed by atoms with Crippen LogP contribution in [0.5, 0.6) is 0 Å². The van der Waals surface area contributed by atoms with Crippen LogP contribution in [0.15, 0.2) is 18.2 Å². The van der Waals surface area contributed by atoms with Gasteiger partial charge in [0.25, 0.3) is 5.91 Å². The summed E-state index contributed by atoms with van der Waals surface area (Å²) in [6.07, 6.45) is 6.70. The largest absolute Gasteiger partial charge is 0.337 e. The number of rotatable bonds is 3. The third-order valence-corrected chi connectivity index (χ3v) is 6.39. The average Bonchev–Trinajstić information content (AvgIpc) is 2.87. The third-order valence-electron chi connectivity index (χ3n) is 6.39. The van der Waals surface area contributed by atoms with E-state index in [-0.39, 0.29) is 5.91 Å². The number of hydrogen-bond donors (Lipinski definition) is 1. The molecule has 1 aliphatic carbocycles. The summed E-state index contributed by atoms with van der Waals surface area (Å²) in [4.78, 5) is 17.9. The third kappa shape index (κ3) is 2.82. The van der Waals surface area contributed by atoms with Crippen molar-refractivity contribution >= 4 is 16.9 Å². The molecule has 1 aromatic heterocycles. The summed E-state index contributed by atoms with van der Waals surface area (Å²) < 4.78 is 0. The zero-order valence-electron chi connectivity index (χ0n) is 14.5. The van der Waals surface area contributed by atoms with Crippen LogP contribution in [-0.2, 0) is 0 Å². The molecule has 4 aliphatic rings. The molecule has 6 heteroatoms. The van der Waals surface area contributed by atoms with E-state index >= 15 is 0 Å². The van der Waals surface area contributed by atoms with E-state index in [0.29, 0.717) is 12.0 Å². The first-order valence-electron chi connectivity index (χ1n) is 9.60. The standard InChI is InChI=1S/C19H25N5O/c25-19(15-5-7-17-18(8-15)21-22-20-17)24-11-14-4-6-16(12-24)23(10-14)9-13-2-1-3-13/h5,7-8,13-14,16H,1-4,6,9-12H2,(H,20,21,22)/t14-,16-/m0/s1. The van der Waals surface area contributed by atoms with Gasteiger partial charge in [-0.2, -0.15) is 15.4 Å². The molecule has 0 spiro atoms. The summed E-state index contributed by atoms with van der Waals surface area (Å²) >= 11 is 0. The minimum atomic E-state index is 0.146. The fourth-order valence-electron chi connectivity index (χ4n) is 4.73. The van der Waals surface area contributed by atoms with E-state index < -0.39 is 0 Å². The van der Waals surface area contributed by atoms with Crippen LogP contribution in [0.3, 0.4) is 0 Å². The highest BCUT2D eigenvalue weighted by Crippen LogP contribution is 2.33. The Morgan fingerprint density at radius 2 is 1.96 bits per heavy atom. The van der Waals surface area contributed by atoms with E-state index in [2.05, 4.69) is 25.2 Å². The Kier molecular flexibility index (Phi) is 3.73. The van der Waals surface area contributed by atoms with Crippen LogP contribution in [0.25, 0.3) is 11.0 Å². The maximum atomic E-state index is 13.1. The lowest BCUT2D eigenvalue weighted by Crippen LogP contribution is -2.47. The van der Waals surface area contributed by atoms with Crippen molar-refractivity contribution in [3.63, 3.8) is 0 Å². The molecule has 1 aromatic carbocycles. The summed E-state index contributed by atoms with van der Waals surface area (Å²) in [5.74, 6) is 1.67. The predicted molar refractivity (Wildman–Crippen MR) is 95.2 cm³/mol. The zero-order chi connectivity index (χ0) is 16.8. The van der Waals surface area contributed by atoms with Gasteiger partial charge in [-0.25, -0.2) is 0 Å². The first-order chi connectivity index (χ1) is 12.3. The lowest BCUT2D eigenvalue weighted by Gasteiger charge is -2.40. The second-order valence-electron chi connectivity index (χ2n) is 8.09. The Hall–Kier alpha value is -1.95. The van der Waals surface area contributed by atoms with Gasteiger partial charge in [-0.05, 0) is 55.7 Å². The van der Waals surface area contributed by atoms with Gasteiger partial charge in [0, 0.05) is 37.8 Å². The monoisotopic (exact) mass is 339 g/mol. The maximum Gasteiger partial charge on any atom is 0.253 e. The zero-order valence-corrected chi connectivity index (χ0v) is 14.5. The van der Waals surface area contributed by atoms with E-state index in [1.807, 2.05) is 18.2 Å². The number of aromatic nitrogens is 3. The SMILES string of the molecule is O=C(c1ccc2n[nH]nc2c1)N1C[C@H]2CC[C@@H](C1)N(CC1CCC1)C2. The summed E-state index contributed by atoms with van der Waals surface area (Å²) in [5, 5.41) is 10.8. The lowest BCUT2D eigenvalue weighted by atomic mass is 9.83. The summed E-state index contributed by atoms with van der Waals surface area (Å²) in [7, 11) is 0. The molecule has 2 aromatic rings. The van der Waals surface area contributed by atoms with Crippen LogP contribution in [-0.4, -0.2) is 63.3 Å². The van der Waals surface area contributed by atoms with E-state index in [0.717, 1.165) is 35.6 Å². The Bertz CT molecular complexity index is 783. The van der Waals surface area contributed by atoms with Crippen LogP contribution < -0.4 is 0 Å². The maximum absolute atomic E-state index is 13.1. The van der Waals surface area contributed by atoms with Gasteiger partial charge in [0.15, 0.2) is 0 Å². The highest BCUT2D eigenvalue weighted by atomic mass is 16.2. The fourth-order valence-corrected chi connectivity index (χ4v) is 4.73. The van der Waals surface area contributed by atoms with Crippen molar-refractivity contribution in [2.24, 2.45) is 11.8 Å². The number of nitrogens with one attached hydrogen (secondary N) is 1. The molecule has 1 saturated carbocycles. The van der Waals surface area contributed by atoms with Gasteiger partial charge in [0.05, 0.1) is 0 Å². The molecule has 25 heavy (non-hydrogen) atoms. The molecule has 3 aliphatic heterocycles. The van der Waals surface area contributed by atoms with Crippen molar-refractivity contribution in [3.8, 4) is 0 Å². The summed E-state index contributed by atoms with van der Waals surface area (Å²) in [6.45, 7) is 4.19. The molecule has 132 valence electrons. The van der Waals surface area contributed by atoms with E-state index in [1.54, 1.807) is 0 Å². The number of benzene rings is 1. The number of hydrogen-bond acceptors (Lipinski definition) is 4. The lowest BCUT2D eigenvalue weighted by molar-refractivity contribution is 0.0717. The second kappa shape index (κ2) is 6.09. The number of H-pyrrole nitrogens is 1. The topological polar surface area (TPSA) is 65.1 Å². The molecule has 4 fully saturated rings. The van der Waals surface area contributed by atoms with Gasteiger partial charge >= 0.3 is 0 Å². The van der Waals surface area contributed by atoms with Crippen LogP contribution in [0.1, 0.15) is 42.5 Å². The molecular weight excluding hydrogens is 314 g/mol. The van der Waals surface area contributed by atoms with Gasteiger partial charge < -0.3 is 4.90 Å². The van der Waals surface area contributed by atoms with Crippen LogP contribution in [0, 0.1) is 11.8 Å². The molecule has 2 atom stereocenters. The Morgan fingerprint density at radius 3 is 2.80 bits per heavy atom. The molecule has 4 heterocycles. The number of carbonyl (C=O) groups is 1. The molecular formula is C19H25N5O. The van der Waals surface area contributed by atoms with Crippen molar-refractivity contribution in [3.05, 3.63) is 23.8 Å². The fraction of sp³-hybridized carbons (Fsp3) is 0.632. The number of piperidine rings is 1. The minimum Gasteiger partial charge on any atom is -0.337 e. The Balaban J connectivity index is 1.34. The molecule has 1 amide bonds. The number of carbonyl (C=O) groups excluding carboxylic acids is 1. The predicted octanol–water partition coefficient (Wildman–Crippen LogP) is 2.29. The molecule has 1 N–H and O–H groups in total. The Morgan fingerprint density at radius 1 is 1.08 bits per heavy atom. The van der Waals surface area contributed by atoms with E-state index in [9.17, 15) is 4.79 Å². The normalized spacial score (nSPS) is 27.4. The van der Waals surface area contributed by atoms with Crippen molar-refractivity contribution < 1.29 is 4.79 Å². The number of aromatic amines is 1. The van der Waals surface area contributed by atoms with Gasteiger partial charge in [-0.15, -0.1) is 0 Å². The molecule has 0 unspecified atom stereocenters. The quantitative estimate of drug-likeness (QED) is 0.932. The van der Waals surface area contributed by atoms with Crippen molar-refractivity contribution in [2.45, 2.75) is 38.1 Å². The molecule has 6 rings (SSSR count). The molecule has 6 nitrogen and oxygen atoms in total. The highest BCUT2D eigenvalue weighted by Gasteiger charge is 2.37. The van der Waals surface area contributed by atoms with Crippen molar-refractivity contribution in [1.82, 2.24) is 25.2 Å². The van der Waals surface area contributed by atoms with Gasteiger partial charge in [0.1, 0.15) is 11.0 Å². The van der Waals surface area contributed by atoms with Crippen LogP contribution in [0.2, 0.25) is 0 Å². The first-order valence-corrected chi connectivity index (χ1v) is 9.60. The minimum absolute atomic E-state index is 0.146. The number of fused-ring (bicyclic) bond motifs is 5. The Labute approximate surface area is 147 Å². The first kappa shape index (κ1) is 15.3. The molecule has 0 radical (unpaired) electrons. The molecule has 2 bridgehead atoms. The summed E-state index contributed by atoms with van der Waals surface area (Å²) in [5.41, 5.74) is 2.29. The summed E-state index contributed by atoms with van der Waals surface area (Å²) in [6, 6.07) is 6.16. The van der Waals surface area contributed by atoms with Crippen molar-refractivity contribution in [2.75, 3.05) is 26.2 Å². The van der Waals surface area contributed by atoms with Crippen LogP contribution >= 0.6 is 0 Å². The van der Waals surface area contributed by atoms with E-state index in [4.69, 9.17) is 0 Å².